The van der Waals surface area contributed by atoms with Gasteiger partial charge < -0.3 is 25.0 Å². The monoisotopic (exact) mass is 593 g/mol. The number of aliphatic carboxylic acids is 1. The number of halogens is 3. The van der Waals surface area contributed by atoms with Gasteiger partial charge in [0.2, 0.25) is 5.95 Å². The molecule has 1 aromatic carbocycles. The molecule has 0 saturated carbocycles. The zero-order chi connectivity index (χ0) is 30.9. The van der Waals surface area contributed by atoms with Gasteiger partial charge in [0.25, 0.3) is 5.97 Å². The maximum Gasteiger partial charge on any atom is 1.00 e. The fourth-order valence-electron chi connectivity index (χ4n) is 4.33. The van der Waals surface area contributed by atoms with Crippen LogP contribution in [0.4, 0.5) is 29.6 Å². The van der Waals surface area contributed by atoms with E-state index >= 15 is 0 Å². The Hall–Kier alpha value is -3.62. The quantitative estimate of drug-likeness (QED) is 0.330. The second-order valence-corrected chi connectivity index (χ2v) is 10.8. The third-order valence-corrected chi connectivity index (χ3v) is 6.22. The number of aromatic nitrogens is 3. The number of nitrogens with zero attached hydrogens (tertiary/aromatic N) is 4. The fourth-order valence-corrected chi connectivity index (χ4v) is 4.33. The first kappa shape index (κ1) is 35.6. The van der Waals surface area contributed by atoms with Gasteiger partial charge in [-0.3, -0.25) is 4.79 Å². The molecule has 1 amide bonds. The molecule has 2 N–H and O–H groups in total. The van der Waals surface area contributed by atoms with Crippen LogP contribution in [0.3, 0.4) is 0 Å². The van der Waals surface area contributed by atoms with Crippen LogP contribution in [0, 0.1) is 6.07 Å². The average Bonchev–Trinajstić information content (AvgIpc) is 2.91. The van der Waals surface area contributed by atoms with E-state index < -0.39 is 23.3 Å². The Morgan fingerprint density at radius 3 is 2.26 bits per heavy atom. The van der Waals surface area contributed by atoms with Gasteiger partial charge in [-0.25, -0.2) is 26.9 Å². The molecule has 9 nitrogen and oxygen atoms in total. The van der Waals surface area contributed by atoms with E-state index in [0.29, 0.717) is 30.4 Å². The fraction of sp³-hybridized carbons (Fsp3) is 0.433. The molecule has 3 heterocycles. The van der Waals surface area contributed by atoms with Gasteiger partial charge in [0.05, 0.1) is 11.3 Å². The molecule has 1 aliphatic heterocycles. The summed E-state index contributed by atoms with van der Waals surface area (Å²) in [5.41, 5.74) is 0.908. The van der Waals surface area contributed by atoms with Crippen molar-refractivity contribution in [3.05, 3.63) is 77.4 Å². The number of carboxylic acid groups (broad SMARTS) is 1. The molecule has 1 aliphatic rings. The topological polar surface area (TPSA) is 118 Å². The molecule has 0 unspecified atom stereocenters. The Morgan fingerprint density at radius 1 is 1.09 bits per heavy atom. The smallest absolute Gasteiger partial charge is 0.481 e. The summed E-state index contributed by atoms with van der Waals surface area (Å²) in [7, 11) is 0. The number of carbonyl (C=O) groups excluding carboxylic acids is 1. The number of nitrogens with one attached hydrogen (secondary N) is 1. The van der Waals surface area contributed by atoms with E-state index in [4.69, 9.17) is 14.6 Å². The normalized spacial score (nSPS) is 13.7. The van der Waals surface area contributed by atoms with Crippen LogP contribution in [0.15, 0.2) is 48.8 Å². The van der Waals surface area contributed by atoms with Gasteiger partial charge in [0.1, 0.15) is 5.60 Å². The summed E-state index contributed by atoms with van der Waals surface area (Å²) in [6.45, 7) is 7.89. The maximum absolute atomic E-state index is 13.5. The molecule has 1 fully saturated rings. The summed E-state index contributed by atoms with van der Waals surface area (Å²) in [5, 5.41) is 10.4. The molecular weight excluding hydrogens is 558 g/mol. The summed E-state index contributed by atoms with van der Waals surface area (Å²) in [6, 6.07) is 14.0. The standard InChI is InChI=1S/C28H31F3N5O2.C2H4O2.Li/c1-27(2,3)38-26(37)36-16-13-20(14-17-36)19-7-9-22(10-8-19)34-25-33-18-23(28(29,30)31)24(35-25)12-11-21-6-4-5-15-32-21;1-2(3)4;/h4-5,7-10,15,18,20H,11-14,16-17H2,1-3H3,(H,33,34,35);1H3,(H,3,4);/q-1;;+1. The number of likely N-dealkylation sites (tertiary alicyclic amines) is 1. The molecule has 0 radical (unpaired) electrons. The van der Waals surface area contributed by atoms with Crippen LogP contribution >= 0.6 is 0 Å². The van der Waals surface area contributed by atoms with Crippen LogP contribution in [-0.4, -0.2) is 55.7 Å². The number of piperidine rings is 1. The van der Waals surface area contributed by atoms with E-state index in [-0.39, 0.29) is 49.4 Å². The molecular formula is C30H35F3LiN5O4. The molecule has 0 spiro atoms. The summed E-state index contributed by atoms with van der Waals surface area (Å²) < 4.78 is 46.1. The number of hydrogen-bond donors (Lipinski definition) is 2. The first-order chi connectivity index (χ1) is 19.7. The first-order valence-electron chi connectivity index (χ1n) is 13.5. The van der Waals surface area contributed by atoms with Crippen molar-refractivity contribution in [1.29, 1.82) is 0 Å². The van der Waals surface area contributed by atoms with Crippen molar-refractivity contribution in [3.8, 4) is 0 Å². The van der Waals surface area contributed by atoms with Crippen LogP contribution in [0.25, 0.3) is 0 Å². The van der Waals surface area contributed by atoms with Crippen LogP contribution in [0.5, 0.6) is 0 Å². The molecule has 1 saturated heterocycles. The summed E-state index contributed by atoms with van der Waals surface area (Å²) >= 11 is 0. The molecule has 43 heavy (non-hydrogen) atoms. The Balaban J connectivity index is 0.00000121. The Morgan fingerprint density at radius 2 is 1.72 bits per heavy atom. The van der Waals surface area contributed by atoms with Gasteiger partial charge in [-0.1, -0.05) is 24.0 Å². The number of aryl methyl sites for hydroxylation is 2. The molecule has 0 bridgehead atoms. The molecule has 13 heteroatoms. The van der Waals surface area contributed by atoms with Crippen molar-refractivity contribution >= 4 is 23.7 Å². The molecule has 4 rings (SSSR count). The van der Waals surface area contributed by atoms with Crippen LogP contribution in [0.1, 0.15) is 69.0 Å². The maximum atomic E-state index is 13.5. The number of ether oxygens (including phenoxy) is 1. The predicted octanol–water partition coefficient (Wildman–Crippen LogP) is 3.43. The minimum Gasteiger partial charge on any atom is -0.481 e. The number of carboxylic acids is 1. The van der Waals surface area contributed by atoms with Crippen molar-refractivity contribution < 1.29 is 51.5 Å². The second kappa shape index (κ2) is 15.7. The van der Waals surface area contributed by atoms with E-state index in [0.717, 1.165) is 31.5 Å². The van der Waals surface area contributed by atoms with E-state index in [1.165, 1.54) is 0 Å². The third-order valence-electron chi connectivity index (χ3n) is 6.22. The van der Waals surface area contributed by atoms with Crippen molar-refractivity contribution in [2.45, 2.75) is 71.1 Å². The van der Waals surface area contributed by atoms with Gasteiger partial charge in [-0.15, -0.1) is 0 Å². The van der Waals surface area contributed by atoms with Gasteiger partial charge in [-0.05, 0) is 70.1 Å². The van der Waals surface area contributed by atoms with Crippen molar-refractivity contribution in [1.82, 2.24) is 19.9 Å². The van der Waals surface area contributed by atoms with Crippen molar-refractivity contribution in [2.75, 3.05) is 18.4 Å². The molecule has 3 aromatic rings. The zero-order valence-corrected chi connectivity index (χ0v) is 25.0. The molecule has 0 atom stereocenters. The van der Waals surface area contributed by atoms with Gasteiger partial charge in [-0.2, -0.15) is 19.2 Å². The minimum absolute atomic E-state index is 0. The Labute approximate surface area is 261 Å². The van der Waals surface area contributed by atoms with E-state index in [2.05, 4.69) is 26.3 Å². The number of alkyl halides is 3. The summed E-state index contributed by atoms with van der Waals surface area (Å²) in [4.78, 5) is 35.3. The Bertz CT molecular complexity index is 1320. The third kappa shape index (κ3) is 11.9. The van der Waals surface area contributed by atoms with Gasteiger partial charge in [0.15, 0.2) is 0 Å². The van der Waals surface area contributed by atoms with Gasteiger partial charge in [0, 0.05) is 31.9 Å². The zero-order valence-electron chi connectivity index (χ0n) is 25.0. The van der Waals surface area contributed by atoms with Crippen LogP contribution < -0.4 is 24.2 Å². The Kier molecular flexibility index (Phi) is 13.0. The molecule has 0 aliphatic carbocycles. The number of benzene rings is 1. The van der Waals surface area contributed by atoms with Gasteiger partial charge >= 0.3 is 31.1 Å². The number of amides is 1. The average molecular weight is 594 g/mol. The second-order valence-electron chi connectivity index (χ2n) is 10.8. The first-order valence-corrected chi connectivity index (χ1v) is 13.5. The summed E-state index contributed by atoms with van der Waals surface area (Å²) in [5.74, 6) is -0.434. The van der Waals surface area contributed by atoms with E-state index in [9.17, 15) is 18.0 Å². The number of carbonyl (C=O) groups is 2. The number of hydrogen-bond acceptors (Lipinski definition) is 7. The summed E-state index contributed by atoms with van der Waals surface area (Å²) in [6.07, 6.45) is -0.456. The van der Waals surface area contributed by atoms with Crippen molar-refractivity contribution in [3.63, 3.8) is 0 Å². The van der Waals surface area contributed by atoms with Crippen LogP contribution in [0.2, 0.25) is 0 Å². The van der Waals surface area contributed by atoms with E-state index in [1.54, 1.807) is 23.2 Å². The molecule has 226 valence electrons. The molecule has 2 aromatic heterocycles. The SMILES string of the molecule is CC(=O)O.CC(C)(C)OC(=O)N1CCC(c2ccc(Nc3ncc(C(F)(F)F)c(CCc4[c-]cccn4)n3)cc2)CC1.[Li+]. The predicted molar refractivity (Wildman–Crippen MR) is 150 cm³/mol. The minimum atomic E-state index is -4.55. The number of rotatable bonds is 6. The number of anilines is 2. The largest absolute Gasteiger partial charge is 1.00 e. The number of pyridine rings is 1. The van der Waals surface area contributed by atoms with Crippen LogP contribution in [-0.2, 0) is 28.5 Å². The van der Waals surface area contributed by atoms with Crippen molar-refractivity contribution in [2.24, 2.45) is 0 Å². The van der Waals surface area contributed by atoms with E-state index in [1.807, 2.05) is 45.0 Å².